The van der Waals surface area contributed by atoms with Crippen LogP contribution in [0.2, 0.25) is 15.1 Å². The van der Waals surface area contributed by atoms with Crippen LogP contribution in [0.15, 0.2) is 66.7 Å². The quantitative estimate of drug-likeness (QED) is 0.560. The summed E-state index contributed by atoms with van der Waals surface area (Å²) in [5.41, 5.74) is 2.01. The first kappa shape index (κ1) is 18.7. The highest BCUT2D eigenvalue weighted by molar-refractivity contribution is 6.42. The van der Waals surface area contributed by atoms with Gasteiger partial charge >= 0.3 is 0 Å². The molecule has 0 aliphatic rings. The second kappa shape index (κ2) is 8.11. The Morgan fingerprint density at radius 3 is 2.31 bits per heavy atom. The molecule has 0 heterocycles. The largest absolute Gasteiger partial charge is 0.384 e. The van der Waals surface area contributed by atoms with E-state index >= 15 is 0 Å². The highest BCUT2D eigenvalue weighted by Crippen LogP contribution is 2.31. The van der Waals surface area contributed by atoms with Gasteiger partial charge in [0.05, 0.1) is 10.0 Å². The van der Waals surface area contributed by atoms with Crippen LogP contribution in [-0.2, 0) is 0 Å². The van der Waals surface area contributed by atoms with Crippen molar-refractivity contribution in [2.24, 2.45) is 0 Å². The molecular formula is C20H14Cl3NO2. The predicted octanol–water partition coefficient (Wildman–Crippen LogP) is 5.98. The number of carbonyl (C=O) groups is 1. The Morgan fingerprint density at radius 2 is 1.62 bits per heavy atom. The van der Waals surface area contributed by atoms with E-state index in [2.05, 4.69) is 5.32 Å². The summed E-state index contributed by atoms with van der Waals surface area (Å²) in [6.07, 6.45) is -0.931. The van der Waals surface area contributed by atoms with Crippen LogP contribution in [0.5, 0.6) is 0 Å². The number of anilines is 1. The van der Waals surface area contributed by atoms with Crippen molar-refractivity contribution in [3.8, 4) is 0 Å². The van der Waals surface area contributed by atoms with E-state index in [1.807, 2.05) is 18.2 Å². The number of hydrogen-bond donors (Lipinski definition) is 2. The third-order valence-corrected chi connectivity index (χ3v) is 4.83. The fourth-order valence-corrected chi connectivity index (χ4v) is 3.00. The molecule has 0 spiro atoms. The second-order valence-electron chi connectivity index (χ2n) is 5.63. The van der Waals surface area contributed by atoms with E-state index < -0.39 is 6.10 Å². The van der Waals surface area contributed by atoms with Crippen LogP contribution < -0.4 is 5.32 Å². The molecule has 132 valence electrons. The van der Waals surface area contributed by atoms with E-state index in [1.165, 1.54) is 6.07 Å². The monoisotopic (exact) mass is 405 g/mol. The van der Waals surface area contributed by atoms with Crippen LogP contribution in [0.1, 0.15) is 27.6 Å². The van der Waals surface area contributed by atoms with Crippen molar-refractivity contribution in [2.75, 3.05) is 5.32 Å². The minimum Gasteiger partial charge on any atom is -0.384 e. The molecule has 0 fully saturated rings. The van der Waals surface area contributed by atoms with Gasteiger partial charge in [-0.05, 0) is 42.0 Å². The summed E-state index contributed by atoms with van der Waals surface area (Å²) in [6.45, 7) is 0. The van der Waals surface area contributed by atoms with Gasteiger partial charge in [-0.2, -0.15) is 0 Å². The zero-order valence-corrected chi connectivity index (χ0v) is 15.7. The molecule has 0 unspecified atom stereocenters. The van der Waals surface area contributed by atoms with Gasteiger partial charge in [0.15, 0.2) is 0 Å². The lowest BCUT2D eigenvalue weighted by molar-refractivity contribution is 0.102. The first-order chi connectivity index (χ1) is 12.5. The summed E-state index contributed by atoms with van der Waals surface area (Å²) in [7, 11) is 0. The van der Waals surface area contributed by atoms with Gasteiger partial charge in [0.2, 0.25) is 0 Å². The summed E-state index contributed by atoms with van der Waals surface area (Å²) < 4.78 is 0. The number of nitrogens with one attached hydrogen (secondary N) is 1. The topological polar surface area (TPSA) is 49.3 Å². The summed E-state index contributed by atoms with van der Waals surface area (Å²) in [4.78, 5) is 12.5. The molecule has 26 heavy (non-hydrogen) atoms. The van der Waals surface area contributed by atoms with Gasteiger partial charge in [0.1, 0.15) is 6.10 Å². The Morgan fingerprint density at radius 1 is 0.885 bits per heavy atom. The number of aliphatic hydroxyl groups is 1. The first-order valence-electron chi connectivity index (χ1n) is 7.74. The third-order valence-electron chi connectivity index (χ3n) is 3.85. The lowest BCUT2D eigenvalue weighted by Crippen LogP contribution is -2.14. The molecule has 0 aromatic heterocycles. The van der Waals surface area contributed by atoms with Crippen LogP contribution in [0.4, 0.5) is 5.69 Å². The Kier molecular flexibility index (Phi) is 5.84. The van der Waals surface area contributed by atoms with Crippen LogP contribution in [-0.4, -0.2) is 11.0 Å². The Labute approximate surface area is 166 Å². The van der Waals surface area contributed by atoms with Crippen LogP contribution in [0, 0.1) is 0 Å². The molecule has 3 aromatic carbocycles. The number of aliphatic hydroxyl groups excluding tert-OH is 1. The SMILES string of the molecule is O=C(Nc1ccc(Cl)cc1[C@@H](O)c1ccccc1)c1ccc(Cl)c(Cl)c1. The molecule has 6 heteroatoms. The van der Waals surface area contributed by atoms with E-state index in [9.17, 15) is 9.90 Å². The number of rotatable bonds is 4. The van der Waals surface area contributed by atoms with Gasteiger partial charge < -0.3 is 10.4 Å². The average molecular weight is 407 g/mol. The molecule has 0 bridgehead atoms. The lowest BCUT2D eigenvalue weighted by atomic mass is 9.99. The van der Waals surface area contributed by atoms with E-state index in [0.29, 0.717) is 37.4 Å². The second-order valence-corrected chi connectivity index (χ2v) is 6.88. The minimum atomic E-state index is -0.931. The third kappa shape index (κ3) is 4.19. The smallest absolute Gasteiger partial charge is 0.255 e. The van der Waals surface area contributed by atoms with Crippen LogP contribution in [0.25, 0.3) is 0 Å². The Balaban J connectivity index is 1.92. The van der Waals surface area contributed by atoms with Gasteiger partial charge in [-0.3, -0.25) is 4.79 Å². The Bertz CT molecular complexity index is 945. The molecule has 2 N–H and O–H groups in total. The van der Waals surface area contributed by atoms with Crippen molar-refractivity contribution in [3.05, 3.63) is 98.5 Å². The van der Waals surface area contributed by atoms with Gasteiger partial charge in [-0.25, -0.2) is 0 Å². The normalized spacial score (nSPS) is 11.8. The molecule has 1 atom stereocenters. The number of halogens is 3. The highest BCUT2D eigenvalue weighted by atomic mass is 35.5. The molecule has 3 rings (SSSR count). The summed E-state index contributed by atoms with van der Waals surface area (Å²) >= 11 is 17.9. The van der Waals surface area contributed by atoms with E-state index in [0.717, 1.165) is 0 Å². The predicted molar refractivity (Wildman–Crippen MR) is 106 cm³/mol. The zero-order chi connectivity index (χ0) is 18.7. The molecule has 1 amide bonds. The van der Waals surface area contributed by atoms with E-state index in [-0.39, 0.29) is 5.91 Å². The molecule has 0 aliphatic carbocycles. The fourth-order valence-electron chi connectivity index (χ4n) is 2.52. The van der Waals surface area contributed by atoms with Gasteiger partial charge in [0.25, 0.3) is 5.91 Å². The number of hydrogen-bond acceptors (Lipinski definition) is 2. The molecule has 0 saturated heterocycles. The fraction of sp³-hybridized carbons (Fsp3) is 0.0500. The number of amides is 1. The molecule has 0 aliphatic heterocycles. The molecule has 3 aromatic rings. The summed E-state index contributed by atoms with van der Waals surface area (Å²) in [6, 6.07) is 18.7. The minimum absolute atomic E-state index is 0.292. The zero-order valence-electron chi connectivity index (χ0n) is 13.4. The Hall–Kier alpha value is -2.04. The van der Waals surface area contributed by atoms with Gasteiger partial charge in [-0.1, -0.05) is 65.1 Å². The van der Waals surface area contributed by atoms with Crippen molar-refractivity contribution < 1.29 is 9.90 Å². The highest BCUT2D eigenvalue weighted by Gasteiger charge is 2.17. The number of carbonyl (C=O) groups excluding carboxylic acids is 1. The molecular weight excluding hydrogens is 393 g/mol. The van der Waals surface area contributed by atoms with Gasteiger partial charge in [0, 0.05) is 21.8 Å². The first-order valence-corrected chi connectivity index (χ1v) is 8.88. The number of benzene rings is 3. The maximum absolute atomic E-state index is 12.5. The standard InChI is InChI=1S/C20H14Cl3NO2/c21-14-7-9-18(15(11-14)19(25)12-4-2-1-3-5-12)24-20(26)13-6-8-16(22)17(23)10-13/h1-11,19,25H,(H,24,26)/t19-/m0/s1. The maximum Gasteiger partial charge on any atom is 0.255 e. The average Bonchev–Trinajstić information content (AvgIpc) is 2.65. The molecule has 0 radical (unpaired) electrons. The summed E-state index contributed by atoms with van der Waals surface area (Å²) in [5, 5.41) is 14.6. The van der Waals surface area contributed by atoms with E-state index in [1.54, 1.807) is 42.5 Å². The lowest BCUT2D eigenvalue weighted by Gasteiger charge is -2.17. The van der Waals surface area contributed by atoms with Crippen molar-refractivity contribution in [2.45, 2.75) is 6.10 Å². The van der Waals surface area contributed by atoms with Crippen LogP contribution >= 0.6 is 34.8 Å². The van der Waals surface area contributed by atoms with Crippen molar-refractivity contribution in [3.63, 3.8) is 0 Å². The summed E-state index contributed by atoms with van der Waals surface area (Å²) in [5.74, 6) is -0.368. The van der Waals surface area contributed by atoms with Crippen LogP contribution in [0.3, 0.4) is 0 Å². The van der Waals surface area contributed by atoms with Crippen molar-refractivity contribution in [1.29, 1.82) is 0 Å². The molecule has 0 saturated carbocycles. The maximum atomic E-state index is 12.5. The van der Waals surface area contributed by atoms with Crippen molar-refractivity contribution in [1.82, 2.24) is 0 Å². The molecule has 3 nitrogen and oxygen atoms in total. The van der Waals surface area contributed by atoms with Gasteiger partial charge in [-0.15, -0.1) is 0 Å². The van der Waals surface area contributed by atoms with Crippen molar-refractivity contribution >= 4 is 46.4 Å². The van der Waals surface area contributed by atoms with E-state index in [4.69, 9.17) is 34.8 Å².